The van der Waals surface area contributed by atoms with Gasteiger partial charge in [0.05, 0.1) is 0 Å². The van der Waals surface area contributed by atoms with Crippen molar-refractivity contribution in [2.45, 2.75) is 39.3 Å². The summed E-state index contributed by atoms with van der Waals surface area (Å²) in [6, 6.07) is 11.4. The van der Waals surface area contributed by atoms with E-state index < -0.39 is 29.6 Å². The monoisotopic (exact) mass is 448 g/mol. The van der Waals surface area contributed by atoms with Crippen LogP contribution in [0.1, 0.15) is 23.6 Å². The summed E-state index contributed by atoms with van der Waals surface area (Å²) in [6.07, 6.45) is 0.905. The van der Waals surface area contributed by atoms with Gasteiger partial charge in [-0.25, -0.2) is 9.59 Å². The van der Waals surface area contributed by atoms with Gasteiger partial charge >= 0.3 is 11.6 Å². The van der Waals surface area contributed by atoms with E-state index in [4.69, 9.17) is 9.15 Å². The molecule has 0 saturated heterocycles. The van der Waals surface area contributed by atoms with E-state index in [0.717, 1.165) is 27.4 Å². The Hall–Kier alpha value is -4.07. The van der Waals surface area contributed by atoms with Crippen LogP contribution in [-0.2, 0) is 16.0 Å². The maximum absolute atomic E-state index is 12.7. The molecule has 2 heterocycles. The van der Waals surface area contributed by atoms with Crippen molar-refractivity contribution >= 4 is 33.7 Å². The first kappa shape index (κ1) is 22.1. The van der Waals surface area contributed by atoms with Crippen molar-refractivity contribution in [3.63, 3.8) is 0 Å². The van der Waals surface area contributed by atoms with Crippen LogP contribution in [0, 0.1) is 13.8 Å². The molecule has 0 spiro atoms. The zero-order valence-corrected chi connectivity index (χ0v) is 18.5. The number of carbonyl (C=O) groups is 2. The van der Waals surface area contributed by atoms with Crippen LogP contribution in [0.15, 0.2) is 57.9 Å². The Morgan fingerprint density at radius 1 is 1.12 bits per heavy atom. The molecule has 8 heteroatoms. The Bertz CT molecular complexity index is 1420. The van der Waals surface area contributed by atoms with Crippen LogP contribution in [0.5, 0.6) is 5.75 Å². The van der Waals surface area contributed by atoms with Gasteiger partial charge in [-0.15, -0.1) is 0 Å². The average Bonchev–Trinajstić information content (AvgIpc) is 3.19. The lowest BCUT2D eigenvalue weighted by Crippen LogP contribution is -2.47. The average molecular weight is 448 g/mol. The second-order valence-corrected chi connectivity index (χ2v) is 8.02. The molecule has 4 rings (SSSR count). The Kier molecular flexibility index (Phi) is 5.91. The number of aromatic nitrogens is 1. The third-order valence-corrected chi connectivity index (χ3v) is 5.82. The summed E-state index contributed by atoms with van der Waals surface area (Å²) < 4.78 is 11.0. The van der Waals surface area contributed by atoms with Gasteiger partial charge in [-0.1, -0.05) is 18.2 Å². The Labute approximate surface area is 189 Å². The Morgan fingerprint density at radius 3 is 2.64 bits per heavy atom. The van der Waals surface area contributed by atoms with Crippen LogP contribution in [0.3, 0.4) is 0 Å². The Balaban J connectivity index is 1.48. The highest BCUT2D eigenvalue weighted by Gasteiger charge is 2.25. The predicted molar refractivity (Wildman–Crippen MR) is 124 cm³/mol. The van der Waals surface area contributed by atoms with E-state index in [-0.39, 0.29) is 6.42 Å². The molecule has 170 valence electrons. The van der Waals surface area contributed by atoms with Gasteiger partial charge in [0.15, 0.2) is 6.10 Å². The number of hydrogen-bond acceptors (Lipinski definition) is 5. The molecular weight excluding hydrogens is 424 g/mol. The second kappa shape index (κ2) is 8.82. The lowest BCUT2D eigenvalue weighted by Gasteiger charge is -2.19. The fourth-order valence-corrected chi connectivity index (χ4v) is 3.77. The maximum Gasteiger partial charge on any atom is 0.339 e. The first-order valence-corrected chi connectivity index (χ1v) is 10.5. The van der Waals surface area contributed by atoms with E-state index in [2.05, 4.69) is 10.3 Å². The van der Waals surface area contributed by atoms with Crippen molar-refractivity contribution in [1.29, 1.82) is 0 Å². The van der Waals surface area contributed by atoms with Crippen LogP contribution in [-0.4, -0.2) is 34.1 Å². The number of carbonyl (C=O) groups excluding carboxylic acids is 1. The van der Waals surface area contributed by atoms with E-state index in [1.165, 1.54) is 6.92 Å². The van der Waals surface area contributed by atoms with Gasteiger partial charge in [-0.2, -0.15) is 0 Å². The molecule has 2 aromatic heterocycles. The quantitative estimate of drug-likeness (QED) is 0.372. The number of rotatable bonds is 7. The number of fused-ring (bicyclic) bond motifs is 2. The number of benzene rings is 2. The van der Waals surface area contributed by atoms with Gasteiger partial charge in [0.25, 0.3) is 5.91 Å². The van der Waals surface area contributed by atoms with E-state index in [0.29, 0.717) is 16.9 Å². The summed E-state index contributed by atoms with van der Waals surface area (Å²) in [4.78, 5) is 39.6. The predicted octanol–water partition coefficient (Wildman–Crippen LogP) is 3.47. The van der Waals surface area contributed by atoms with Crippen LogP contribution >= 0.6 is 0 Å². The van der Waals surface area contributed by atoms with Crippen molar-refractivity contribution in [3.8, 4) is 5.75 Å². The first-order chi connectivity index (χ1) is 15.7. The number of aliphatic carboxylic acids is 1. The SMILES string of the molecule is Cc1c(C)c2ccc(O[C@H](C)C(=O)N[C@@H](Cc3c[nH]c4ccccc34)C(=O)O)cc2oc1=O. The molecule has 0 fully saturated rings. The number of ether oxygens (including phenoxy) is 1. The normalized spacial score (nSPS) is 13.1. The maximum atomic E-state index is 12.7. The van der Waals surface area contributed by atoms with Gasteiger partial charge in [0.1, 0.15) is 17.4 Å². The first-order valence-electron chi connectivity index (χ1n) is 10.5. The number of aromatic amines is 1. The smallest absolute Gasteiger partial charge is 0.339 e. The summed E-state index contributed by atoms with van der Waals surface area (Å²) in [7, 11) is 0. The van der Waals surface area contributed by atoms with Crippen LogP contribution in [0.2, 0.25) is 0 Å². The second-order valence-electron chi connectivity index (χ2n) is 8.02. The number of nitrogens with one attached hydrogen (secondary N) is 2. The van der Waals surface area contributed by atoms with Crippen molar-refractivity contribution in [2.75, 3.05) is 0 Å². The van der Waals surface area contributed by atoms with E-state index in [9.17, 15) is 19.5 Å². The number of H-pyrrole nitrogens is 1. The Morgan fingerprint density at radius 2 is 1.88 bits per heavy atom. The minimum atomic E-state index is -1.14. The number of hydrogen-bond donors (Lipinski definition) is 3. The summed E-state index contributed by atoms with van der Waals surface area (Å²) in [5, 5.41) is 13.9. The van der Waals surface area contributed by atoms with E-state index >= 15 is 0 Å². The molecule has 0 unspecified atom stereocenters. The lowest BCUT2D eigenvalue weighted by atomic mass is 10.0. The van der Waals surface area contributed by atoms with Gasteiger partial charge in [0.2, 0.25) is 0 Å². The molecule has 3 N–H and O–H groups in total. The summed E-state index contributed by atoms with van der Waals surface area (Å²) >= 11 is 0. The molecule has 1 amide bonds. The molecule has 33 heavy (non-hydrogen) atoms. The summed E-state index contributed by atoms with van der Waals surface area (Å²) in [5.41, 5.74) is 2.98. The molecule has 0 saturated carbocycles. The van der Waals surface area contributed by atoms with E-state index in [1.807, 2.05) is 31.2 Å². The highest BCUT2D eigenvalue weighted by atomic mass is 16.5. The number of carboxylic acid groups (broad SMARTS) is 1. The van der Waals surface area contributed by atoms with Crippen molar-refractivity contribution in [1.82, 2.24) is 10.3 Å². The highest BCUT2D eigenvalue weighted by molar-refractivity contribution is 5.88. The van der Waals surface area contributed by atoms with Crippen molar-refractivity contribution < 1.29 is 23.8 Å². The van der Waals surface area contributed by atoms with Gasteiger partial charge in [-0.3, -0.25) is 4.79 Å². The van der Waals surface area contributed by atoms with Crippen LogP contribution in [0.4, 0.5) is 0 Å². The molecular formula is C25H24N2O6. The highest BCUT2D eigenvalue weighted by Crippen LogP contribution is 2.25. The lowest BCUT2D eigenvalue weighted by molar-refractivity contribution is -0.142. The zero-order chi connectivity index (χ0) is 23.7. The fraction of sp³-hybridized carbons (Fsp3) is 0.240. The number of para-hydroxylation sites is 1. The molecule has 4 aromatic rings. The molecule has 0 aliphatic carbocycles. The van der Waals surface area contributed by atoms with Crippen LogP contribution < -0.4 is 15.7 Å². The molecule has 8 nitrogen and oxygen atoms in total. The molecule has 0 radical (unpaired) electrons. The molecule has 0 aliphatic rings. The van der Waals surface area contributed by atoms with Crippen molar-refractivity contribution in [3.05, 3.63) is 75.8 Å². The van der Waals surface area contributed by atoms with E-state index in [1.54, 1.807) is 31.3 Å². The van der Waals surface area contributed by atoms with Gasteiger partial charge in [0, 0.05) is 40.5 Å². The van der Waals surface area contributed by atoms with Crippen LogP contribution in [0.25, 0.3) is 21.9 Å². The standard InChI is InChI=1S/C25H24N2O6/c1-13-14(2)25(31)33-22-11-17(8-9-18(13)22)32-15(3)23(28)27-21(24(29)30)10-16-12-26-20-7-5-4-6-19(16)20/h4-9,11-12,15,21,26H,10H2,1-3H3,(H,27,28)(H,29,30)/t15-,21+/m1/s1. The molecule has 2 aromatic carbocycles. The molecule has 2 atom stereocenters. The van der Waals surface area contributed by atoms with Gasteiger partial charge < -0.3 is 24.6 Å². The summed E-state index contributed by atoms with van der Waals surface area (Å²) in [6.45, 7) is 5.07. The topological polar surface area (TPSA) is 122 Å². The number of amides is 1. The zero-order valence-electron chi connectivity index (χ0n) is 18.5. The summed E-state index contributed by atoms with van der Waals surface area (Å²) in [5.74, 6) is -1.37. The third-order valence-electron chi connectivity index (χ3n) is 5.82. The number of carboxylic acids is 1. The third kappa shape index (κ3) is 4.45. The molecule has 0 bridgehead atoms. The minimum Gasteiger partial charge on any atom is -0.481 e. The van der Waals surface area contributed by atoms with Crippen molar-refractivity contribution in [2.24, 2.45) is 0 Å². The minimum absolute atomic E-state index is 0.123. The largest absolute Gasteiger partial charge is 0.481 e. The van der Waals surface area contributed by atoms with Gasteiger partial charge in [-0.05, 0) is 50.1 Å². The fourth-order valence-electron chi connectivity index (χ4n) is 3.77. The molecule has 0 aliphatic heterocycles. The number of aryl methyl sites for hydroxylation is 1.